The number of hydrogen-bond donors (Lipinski definition) is 1. The van der Waals surface area contributed by atoms with Crippen molar-refractivity contribution in [3.63, 3.8) is 0 Å². The third-order valence-electron chi connectivity index (χ3n) is 3.45. The van der Waals surface area contributed by atoms with Crippen LogP contribution in [0.3, 0.4) is 0 Å². The van der Waals surface area contributed by atoms with Crippen molar-refractivity contribution in [1.29, 1.82) is 0 Å². The van der Waals surface area contributed by atoms with Gasteiger partial charge in [0.2, 0.25) is 0 Å². The predicted octanol–water partition coefficient (Wildman–Crippen LogP) is 4.03. The van der Waals surface area contributed by atoms with Crippen LogP contribution in [0.25, 0.3) is 0 Å². The molecule has 1 aromatic carbocycles. The van der Waals surface area contributed by atoms with Crippen LogP contribution in [0.4, 0.5) is 18.9 Å². The van der Waals surface area contributed by atoms with Crippen LogP contribution in [0, 0.1) is 5.92 Å². The molecule has 0 saturated heterocycles. The number of halogens is 3. The van der Waals surface area contributed by atoms with Gasteiger partial charge in [-0.25, -0.2) is 4.99 Å². The van der Waals surface area contributed by atoms with E-state index >= 15 is 0 Å². The summed E-state index contributed by atoms with van der Waals surface area (Å²) in [6, 6.07) is 5.61. The van der Waals surface area contributed by atoms with E-state index in [1.165, 1.54) is 24.3 Å². The quantitative estimate of drug-likeness (QED) is 0.830. The van der Waals surface area contributed by atoms with E-state index in [0.717, 1.165) is 5.57 Å². The first kappa shape index (κ1) is 16.9. The van der Waals surface area contributed by atoms with E-state index in [0.29, 0.717) is 18.2 Å². The maximum Gasteiger partial charge on any atom is 0.573 e. The van der Waals surface area contributed by atoms with Crippen molar-refractivity contribution >= 4 is 11.5 Å². The highest BCUT2D eigenvalue weighted by Crippen LogP contribution is 2.25. The summed E-state index contributed by atoms with van der Waals surface area (Å²) < 4.78 is 40.2. The number of alkyl halides is 3. The number of hydrazine groups is 1. The number of aliphatic imine (C=N–C) groups is 1. The van der Waals surface area contributed by atoms with E-state index in [1.807, 2.05) is 26.0 Å². The monoisotopic (exact) mass is 325 g/mol. The third kappa shape index (κ3) is 4.77. The van der Waals surface area contributed by atoms with Gasteiger partial charge in [0.15, 0.2) is 0 Å². The van der Waals surface area contributed by atoms with Gasteiger partial charge in [-0.2, -0.15) is 0 Å². The van der Waals surface area contributed by atoms with Gasteiger partial charge in [0.25, 0.3) is 0 Å². The van der Waals surface area contributed by atoms with Gasteiger partial charge in [0.05, 0.1) is 5.69 Å². The van der Waals surface area contributed by atoms with Crippen molar-refractivity contribution in [2.75, 3.05) is 11.7 Å². The van der Waals surface area contributed by atoms with Crippen LogP contribution in [0.15, 0.2) is 53.6 Å². The summed E-state index contributed by atoms with van der Waals surface area (Å²) in [6.45, 7) is 8.15. The molecule has 1 N–H and O–H groups in total. The summed E-state index contributed by atoms with van der Waals surface area (Å²) in [5, 5.41) is 1.73. The zero-order valence-electron chi connectivity index (χ0n) is 12.9. The molecule has 1 atom stereocenters. The minimum Gasteiger partial charge on any atom is -0.406 e. The highest BCUT2D eigenvalue weighted by atomic mass is 19.4. The molecular weight excluding hydrogens is 307 g/mol. The lowest BCUT2D eigenvalue weighted by Gasteiger charge is -2.18. The van der Waals surface area contributed by atoms with Crippen LogP contribution in [-0.2, 0) is 0 Å². The van der Waals surface area contributed by atoms with E-state index in [9.17, 15) is 13.2 Å². The Balaban J connectivity index is 1.99. The summed E-state index contributed by atoms with van der Waals surface area (Å²) in [6.07, 6.45) is -0.917. The van der Waals surface area contributed by atoms with Crippen LogP contribution in [-0.4, -0.2) is 18.9 Å². The fourth-order valence-electron chi connectivity index (χ4n) is 1.94. The van der Waals surface area contributed by atoms with Gasteiger partial charge in [0.1, 0.15) is 18.3 Å². The average Bonchev–Trinajstić information content (AvgIpc) is 2.94. The van der Waals surface area contributed by atoms with Crippen LogP contribution in [0.2, 0.25) is 0 Å². The second-order valence-corrected chi connectivity index (χ2v) is 5.18. The lowest BCUT2D eigenvalue weighted by Crippen LogP contribution is -2.35. The molecule has 0 radical (unpaired) electrons. The summed E-state index contributed by atoms with van der Waals surface area (Å²) in [5.41, 5.74) is 4.90. The van der Waals surface area contributed by atoms with Gasteiger partial charge in [-0.05, 0) is 43.2 Å². The van der Waals surface area contributed by atoms with E-state index in [2.05, 4.69) is 21.7 Å². The zero-order chi connectivity index (χ0) is 17.0. The minimum absolute atomic E-state index is 0.243. The Labute approximate surface area is 132 Å². The maximum atomic E-state index is 12.1. The van der Waals surface area contributed by atoms with E-state index in [1.54, 1.807) is 5.01 Å². The van der Waals surface area contributed by atoms with Crippen molar-refractivity contribution in [3.05, 3.63) is 48.6 Å². The standard InChI is InChI=1S/C16H18F3N3O/c1-4-11(2)12(3)9-15-20-10-22(21-15)13-5-7-14(8-6-13)23-16(17,18)19/h4-9,11H,1,10H2,2-3H3,(H,20,21)/b12-9+. The Morgan fingerprint density at radius 2 is 2.04 bits per heavy atom. The molecule has 1 unspecified atom stereocenters. The SMILES string of the molecule is C=CC(C)/C(C)=C/C1=NCN(c2ccc(OC(F)(F)F)cc2)N1. The Hall–Kier alpha value is -2.44. The van der Waals surface area contributed by atoms with Crippen molar-refractivity contribution < 1.29 is 17.9 Å². The van der Waals surface area contributed by atoms with Crippen molar-refractivity contribution in [1.82, 2.24) is 5.43 Å². The molecule has 0 saturated carbocycles. The Kier molecular flexibility index (Phi) is 4.98. The van der Waals surface area contributed by atoms with Crippen molar-refractivity contribution in [3.8, 4) is 5.75 Å². The van der Waals surface area contributed by atoms with Gasteiger partial charge in [0, 0.05) is 0 Å². The first-order valence-electron chi connectivity index (χ1n) is 7.03. The average molecular weight is 325 g/mol. The zero-order valence-corrected chi connectivity index (χ0v) is 12.9. The second kappa shape index (κ2) is 6.76. The molecule has 0 spiro atoms. The largest absolute Gasteiger partial charge is 0.573 e. The number of benzene rings is 1. The number of nitrogens with one attached hydrogen (secondary N) is 1. The number of anilines is 1. The molecule has 1 aliphatic rings. The van der Waals surface area contributed by atoms with Gasteiger partial charge in [-0.1, -0.05) is 18.6 Å². The fraction of sp³-hybridized carbons (Fsp3) is 0.312. The van der Waals surface area contributed by atoms with Crippen molar-refractivity contribution in [2.45, 2.75) is 20.2 Å². The number of ether oxygens (including phenoxy) is 1. The minimum atomic E-state index is -4.69. The molecule has 1 aliphatic heterocycles. The van der Waals surface area contributed by atoms with Crippen LogP contribution >= 0.6 is 0 Å². The van der Waals surface area contributed by atoms with Gasteiger partial charge < -0.3 is 4.74 Å². The summed E-state index contributed by atoms with van der Waals surface area (Å²) in [4.78, 5) is 4.34. The molecule has 0 fully saturated rings. The summed E-state index contributed by atoms with van der Waals surface area (Å²) in [7, 11) is 0. The topological polar surface area (TPSA) is 36.9 Å². The van der Waals surface area contributed by atoms with Gasteiger partial charge in [-0.15, -0.1) is 19.8 Å². The van der Waals surface area contributed by atoms with Crippen LogP contribution in [0.5, 0.6) is 5.75 Å². The predicted molar refractivity (Wildman–Crippen MR) is 84.2 cm³/mol. The molecule has 0 aromatic heterocycles. The lowest BCUT2D eigenvalue weighted by atomic mass is 10.0. The highest BCUT2D eigenvalue weighted by Gasteiger charge is 2.31. The van der Waals surface area contributed by atoms with Gasteiger partial charge in [-0.3, -0.25) is 10.4 Å². The van der Waals surface area contributed by atoms with Crippen LogP contribution in [0.1, 0.15) is 13.8 Å². The Morgan fingerprint density at radius 1 is 1.39 bits per heavy atom. The Morgan fingerprint density at radius 3 is 2.61 bits per heavy atom. The first-order valence-corrected chi connectivity index (χ1v) is 7.03. The highest BCUT2D eigenvalue weighted by molar-refractivity contribution is 5.96. The van der Waals surface area contributed by atoms with Crippen LogP contribution < -0.4 is 15.2 Å². The second-order valence-electron chi connectivity index (χ2n) is 5.18. The first-order chi connectivity index (χ1) is 10.8. The summed E-state index contributed by atoms with van der Waals surface area (Å²) in [5.74, 6) is 0.691. The Bertz CT molecular complexity index is 620. The van der Waals surface area contributed by atoms with Crippen molar-refractivity contribution in [2.24, 2.45) is 10.9 Å². The van der Waals surface area contributed by atoms with Gasteiger partial charge >= 0.3 is 6.36 Å². The molecule has 23 heavy (non-hydrogen) atoms. The number of rotatable bonds is 5. The summed E-state index contributed by atoms with van der Waals surface area (Å²) >= 11 is 0. The normalized spacial score (nSPS) is 16.7. The number of hydrogen-bond acceptors (Lipinski definition) is 4. The molecule has 4 nitrogen and oxygen atoms in total. The molecule has 2 rings (SSSR count). The molecule has 0 aliphatic carbocycles. The number of allylic oxidation sites excluding steroid dienone is 2. The molecule has 7 heteroatoms. The fourth-order valence-corrected chi connectivity index (χ4v) is 1.94. The molecule has 0 amide bonds. The molecule has 1 heterocycles. The van der Waals surface area contributed by atoms with E-state index < -0.39 is 6.36 Å². The smallest absolute Gasteiger partial charge is 0.406 e. The third-order valence-corrected chi connectivity index (χ3v) is 3.45. The van der Waals surface area contributed by atoms with E-state index in [-0.39, 0.29) is 11.7 Å². The number of nitrogens with zero attached hydrogens (tertiary/aromatic N) is 2. The molecular formula is C16H18F3N3O. The molecule has 124 valence electrons. The molecule has 1 aromatic rings. The number of amidine groups is 1. The molecule has 0 bridgehead atoms. The maximum absolute atomic E-state index is 12.1. The van der Waals surface area contributed by atoms with E-state index in [4.69, 9.17) is 0 Å². The lowest BCUT2D eigenvalue weighted by molar-refractivity contribution is -0.274.